The van der Waals surface area contributed by atoms with Crippen LogP contribution in [0, 0.1) is 0 Å². The molecule has 0 spiro atoms. The Hall–Kier alpha value is -1.42. The van der Waals surface area contributed by atoms with Gasteiger partial charge in [0.25, 0.3) is 0 Å². The van der Waals surface area contributed by atoms with Crippen molar-refractivity contribution >= 4 is 5.97 Å². The Morgan fingerprint density at radius 2 is 2.53 bits per heavy atom. The van der Waals surface area contributed by atoms with E-state index in [1.807, 2.05) is 17.0 Å². The molecule has 1 saturated heterocycles. The van der Waals surface area contributed by atoms with Crippen molar-refractivity contribution in [2.24, 2.45) is 0 Å². The van der Waals surface area contributed by atoms with Gasteiger partial charge in [0.2, 0.25) is 0 Å². The highest BCUT2D eigenvalue weighted by Crippen LogP contribution is 2.19. The third kappa shape index (κ3) is 2.33. The van der Waals surface area contributed by atoms with Crippen molar-refractivity contribution in [3.05, 3.63) is 30.1 Å². The average molecular weight is 206 g/mol. The Kier molecular flexibility index (Phi) is 2.97. The highest BCUT2D eigenvalue weighted by molar-refractivity contribution is 5.73. The first-order chi connectivity index (χ1) is 7.27. The van der Waals surface area contributed by atoms with Crippen LogP contribution in [0.3, 0.4) is 0 Å². The predicted octanol–water partition coefficient (Wildman–Crippen LogP) is 1.13. The summed E-state index contributed by atoms with van der Waals surface area (Å²) in [6.45, 7) is 1.55. The second kappa shape index (κ2) is 4.40. The summed E-state index contributed by atoms with van der Waals surface area (Å²) < 4.78 is 0. The molecule has 4 heteroatoms. The maximum Gasteiger partial charge on any atom is 0.320 e. The molecule has 2 rings (SSSR count). The number of pyridine rings is 1. The molecule has 0 saturated carbocycles. The fourth-order valence-corrected chi connectivity index (χ4v) is 2.02. The van der Waals surface area contributed by atoms with Crippen LogP contribution < -0.4 is 0 Å². The van der Waals surface area contributed by atoms with Crippen molar-refractivity contribution in [3.8, 4) is 0 Å². The average Bonchev–Trinajstić information content (AvgIpc) is 2.67. The molecule has 1 aliphatic rings. The molecule has 2 heterocycles. The van der Waals surface area contributed by atoms with Gasteiger partial charge in [0, 0.05) is 18.9 Å². The monoisotopic (exact) mass is 206 g/mol. The largest absolute Gasteiger partial charge is 0.480 e. The zero-order chi connectivity index (χ0) is 10.7. The normalized spacial score (nSPS) is 21.7. The highest BCUT2D eigenvalue weighted by Gasteiger charge is 2.30. The number of hydrogen-bond donors (Lipinski definition) is 1. The van der Waals surface area contributed by atoms with Gasteiger partial charge in [-0.2, -0.15) is 0 Å². The van der Waals surface area contributed by atoms with E-state index in [1.54, 1.807) is 12.4 Å². The van der Waals surface area contributed by atoms with Gasteiger partial charge in [-0.15, -0.1) is 0 Å². The molecule has 0 radical (unpaired) electrons. The van der Waals surface area contributed by atoms with Crippen LogP contribution in [0.5, 0.6) is 0 Å². The molecule has 1 aliphatic heterocycles. The van der Waals surface area contributed by atoms with Crippen LogP contribution in [-0.2, 0) is 11.3 Å². The smallest absolute Gasteiger partial charge is 0.320 e. The summed E-state index contributed by atoms with van der Waals surface area (Å²) in [7, 11) is 0. The molecule has 1 aromatic rings. The summed E-state index contributed by atoms with van der Waals surface area (Å²) >= 11 is 0. The first-order valence-electron chi connectivity index (χ1n) is 5.13. The minimum absolute atomic E-state index is 0.315. The zero-order valence-corrected chi connectivity index (χ0v) is 8.47. The first-order valence-corrected chi connectivity index (χ1v) is 5.13. The van der Waals surface area contributed by atoms with E-state index in [-0.39, 0.29) is 6.04 Å². The van der Waals surface area contributed by atoms with Crippen molar-refractivity contribution < 1.29 is 9.90 Å². The lowest BCUT2D eigenvalue weighted by Gasteiger charge is -2.20. The van der Waals surface area contributed by atoms with Crippen molar-refractivity contribution in [1.29, 1.82) is 0 Å². The summed E-state index contributed by atoms with van der Waals surface area (Å²) in [5.74, 6) is -0.712. The number of carbonyl (C=O) groups is 1. The van der Waals surface area contributed by atoms with Crippen LogP contribution in [0.2, 0.25) is 0 Å². The molecule has 0 bridgehead atoms. The van der Waals surface area contributed by atoms with E-state index >= 15 is 0 Å². The van der Waals surface area contributed by atoms with E-state index in [0.29, 0.717) is 6.54 Å². The van der Waals surface area contributed by atoms with Gasteiger partial charge in [-0.1, -0.05) is 6.07 Å². The number of carboxylic acid groups (broad SMARTS) is 1. The fraction of sp³-hybridized carbons (Fsp3) is 0.455. The quantitative estimate of drug-likeness (QED) is 0.805. The van der Waals surface area contributed by atoms with Gasteiger partial charge < -0.3 is 5.11 Å². The van der Waals surface area contributed by atoms with Crippen molar-refractivity contribution in [1.82, 2.24) is 9.88 Å². The Balaban J connectivity index is 2.03. The topological polar surface area (TPSA) is 53.4 Å². The number of likely N-dealkylation sites (tertiary alicyclic amines) is 1. The lowest BCUT2D eigenvalue weighted by atomic mass is 10.2. The molecule has 0 amide bonds. The molecular weight excluding hydrogens is 192 g/mol. The third-order valence-corrected chi connectivity index (χ3v) is 2.76. The molecule has 1 N–H and O–H groups in total. The molecular formula is C11H14N2O2. The van der Waals surface area contributed by atoms with Crippen molar-refractivity contribution in [2.45, 2.75) is 25.4 Å². The maximum absolute atomic E-state index is 10.9. The van der Waals surface area contributed by atoms with Crippen molar-refractivity contribution in [2.75, 3.05) is 6.54 Å². The molecule has 0 aliphatic carbocycles. The van der Waals surface area contributed by atoms with Crippen LogP contribution in [0.4, 0.5) is 0 Å². The van der Waals surface area contributed by atoms with E-state index in [4.69, 9.17) is 5.11 Å². The Morgan fingerprint density at radius 1 is 1.67 bits per heavy atom. The molecule has 1 atom stereocenters. The summed E-state index contributed by atoms with van der Waals surface area (Å²) in [6.07, 6.45) is 5.24. The molecule has 1 unspecified atom stereocenters. The molecule has 4 nitrogen and oxygen atoms in total. The second-order valence-electron chi connectivity index (χ2n) is 3.83. The van der Waals surface area contributed by atoms with Crippen LogP contribution in [0.25, 0.3) is 0 Å². The third-order valence-electron chi connectivity index (χ3n) is 2.76. The molecule has 80 valence electrons. The van der Waals surface area contributed by atoms with Gasteiger partial charge in [-0.3, -0.25) is 14.7 Å². The van der Waals surface area contributed by atoms with Gasteiger partial charge in [-0.25, -0.2) is 0 Å². The Bertz CT molecular complexity index is 340. The molecule has 1 aromatic heterocycles. The van der Waals surface area contributed by atoms with Crippen molar-refractivity contribution in [3.63, 3.8) is 0 Å². The zero-order valence-electron chi connectivity index (χ0n) is 8.47. The summed E-state index contributed by atoms with van der Waals surface area (Å²) in [6, 6.07) is 3.54. The van der Waals surface area contributed by atoms with Gasteiger partial charge in [0.15, 0.2) is 0 Å². The van der Waals surface area contributed by atoms with E-state index in [9.17, 15) is 4.79 Å². The summed E-state index contributed by atoms with van der Waals surface area (Å²) in [5.41, 5.74) is 1.07. The summed E-state index contributed by atoms with van der Waals surface area (Å²) in [5, 5.41) is 9.00. The van der Waals surface area contributed by atoms with Crippen LogP contribution >= 0.6 is 0 Å². The number of aromatic nitrogens is 1. The number of carboxylic acids is 1. The van der Waals surface area contributed by atoms with Gasteiger partial charge in [0.05, 0.1) is 0 Å². The molecule has 1 fully saturated rings. The molecule has 0 aromatic carbocycles. The minimum Gasteiger partial charge on any atom is -0.480 e. The Labute approximate surface area is 88.6 Å². The van der Waals surface area contributed by atoms with Gasteiger partial charge in [0.1, 0.15) is 6.04 Å². The van der Waals surface area contributed by atoms with E-state index in [2.05, 4.69) is 4.98 Å². The van der Waals surface area contributed by atoms with Gasteiger partial charge >= 0.3 is 5.97 Å². The van der Waals surface area contributed by atoms with Gasteiger partial charge in [-0.05, 0) is 31.0 Å². The highest BCUT2D eigenvalue weighted by atomic mass is 16.4. The number of hydrogen-bond acceptors (Lipinski definition) is 3. The van der Waals surface area contributed by atoms with Crippen LogP contribution in [0.15, 0.2) is 24.5 Å². The van der Waals surface area contributed by atoms with E-state index in [0.717, 1.165) is 24.9 Å². The summed E-state index contributed by atoms with van der Waals surface area (Å²) in [4.78, 5) is 17.0. The van der Waals surface area contributed by atoms with E-state index < -0.39 is 5.97 Å². The first kappa shape index (κ1) is 10.1. The molecule has 15 heavy (non-hydrogen) atoms. The lowest BCUT2D eigenvalue weighted by molar-refractivity contribution is -0.142. The number of rotatable bonds is 3. The SMILES string of the molecule is O=C(O)C1CCCN1Cc1cccnc1. The van der Waals surface area contributed by atoms with Crippen LogP contribution in [0.1, 0.15) is 18.4 Å². The minimum atomic E-state index is -0.712. The van der Waals surface area contributed by atoms with E-state index in [1.165, 1.54) is 0 Å². The fourth-order valence-electron chi connectivity index (χ4n) is 2.02. The number of nitrogens with zero attached hydrogens (tertiary/aromatic N) is 2. The number of aliphatic carboxylic acids is 1. The maximum atomic E-state index is 10.9. The predicted molar refractivity (Wildman–Crippen MR) is 55.3 cm³/mol. The lowest BCUT2D eigenvalue weighted by Crippen LogP contribution is -2.35. The standard InChI is InChI=1S/C11H14N2O2/c14-11(15)10-4-2-6-13(10)8-9-3-1-5-12-7-9/h1,3,5,7,10H,2,4,6,8H2,(H,14,15). The van der Waals surface area contributed by atoms with Crippen LogP contribution in [-0.4, -0.2) is 33.5 Å². The Morgan fingerprint density at radius 3 is 3.20 bits per heavy atom. The second-order valence-corrected chi connectivity index (χ2v) is 3.83.